The van der Waals surface area contributed by atoms with Crippen molar-refractivity contribution in [1.29, 1.82) is 0 Å². The van der Waals surface area contributed by atoms with E-state index in [1.165, 1.54) is 30.0 Å². The molecule has 2 aromatic rings. The Hall–Kier alpha value is -2.10. The number of ether oxygens (including phenoxy) is 1. The Bertz CT molecular complexity index is 825. The number of thioether (sulfide) groups is 1. The van der Waals surface area contributed by atoms with Crippen molar-refractivity contribution in [1.82, 2.24) is 9.55 Å². The molecule has 0 saturated carbocycles. The highest BCUT2D eigenvalue weighted by atomic mass is 35.5. The number of imidazole rings is 1. The molecule has 0 aliphatic carbocycles. The number of rotatable bonds is 8. The Morgan fingerprint density at radius 2 is 2.19 bits per heavy atom. The molecule has 0 saturated heterocycles. The number of carbonyl (C=O) groups excluding carboxylic acids is 1. The maximum atomic E-state index is 12.2. The van der Waals surface area contributed by atoms with Gasteiger partial charge in [0.15, 0.2) is 5.16 Å². The van der Waals surface area contributed by atoms with Gasteiger partial charge < -0.3 is 14.6 Å². The van der Waals surface area contributed by atoms with Crippen LogP contribution in [0.15, 0.2) is 23.4 Å². The minimum atomic E-state index is -0.592. The van der Waals surface area contributed by atoms with Crippen molar-refractivity contribution in [2.75, 3.05) is 24.8 Å². The summed E-state index contributed by atoms with van der Waals surface area (Å²) in [5.41, 5.74) is 2.00. The summed E-state index contributed by atoms with van der Waals surface area (Å²) >= 11 is 7.06. The molecule has 1 heterocycles. The molecule has 0 unspecified atom stereocenters. The molecule has 8 nitrogen and oxygen atoms in total. The van der Waals surface area contributed by atoms with Crippen LogP contribution < -0.4 is 5.32 Å². The van der Waals surface area contributed by atoms with Crippen LogP contribution in [0.1, 0.15) is 11.4 Å². The molecule has 0 radical (unpaired) electrons. The first kappa shape index (κ1) is 20.2. The third-order valence-electron chi connectivity index (χ3n) is 3.70. The van der Waals surface area contributed by atoms with Crippen molar-refractivity contribution in [2.24, 2.45) is 0 Å². The van der Waals surface area contributed by atoms with Crippen molar-refractivity contribution in [3.05, 3.63) is 44.7 Å². The summed E-state index contributed by atoms with van der Waals surface area (Å²) in [6.07, 6.45) is 0. The first-order chi connectivity index (χ1) is 12.3. The molecule has 10 heteroatoms. The molecule has 0 aliphatic heterocycles. The normalized spacial score (nSPS) is 10.8. The van der Waals surface area contributed by atoms with Gasteiger partial charge in [-0.05, 0) is 26.0 Å². The number of nitro benzene ring substituents is 1. The van der Waals surface area contributed by atoms with Gasteiger partial charge in [0.05, 0.1) is 23.0 Å². The number of nitrogens with zero attached hydrogens (tertiary/aromatic N) is 3. The third kappa shape index (κ3) is 4.96. The minimum absolute atomic E-state index is 0.0218. The second-order valence-corrected chi connectivity index (χ2v) is 6.82. The second-order valence-electron chi connectivity index (χ2n) is 5.47. The van der Waals surface area contributed by atoms with Crippen molar-refractivity contribution in [3.8, 4) is 0 Å². The largest absolute Gasteiger partial charge is 0.383 e. The number of aromatic nitrogens is 2. The summed E-state index contributed by atoms with van der Waals surface area (Å²) < 4.78 is 7.11. The number of hydrogen-bond acceptors (Lipinski definition) is 6. The van der Waals surface area contributed by atoms with Crippen LogP contribution in [0.4, 0.5) is 11.4 Å². The lowest BCUT2D eigenvalue weighted by molar-refractivity contribution is -0.384. The number of anilines is 1. The van der Waals surface area contributed by atoms with Gasteiger partial charge in [0.2, 0.25) is 5.91 Å². The molecule has 0 aliphatic rings. The molecule has 1 N–H and O–H groups in total. The predicted molar refractivity (Wildman–Crippen MR) is 101 cm³/mol. The van der Waals surface area contributed by atoms with E-state index in [2.05, 4.69) is 10.3 Å². The zero-order valence-electron chi connectivity index (χ0n) is 14.6. The van der Waals surface area contributed by atoms with E-state index >= 15 is 0 Å². The summed E-state index contributed by atoms with van der Waals surface area (Å²) in [6.45, 7) is 5.08. The van der Waals surface area contributed by atoms with Gasteiger partial charge in [-0.1, -0.05) is 23.4 Å². The van der Waals surface area contributed by atoms with E-state index in [9.17, 15) is 14.9 Å². The molecule has 1 aromatic carbocycles. The van der Waals surface area contributed by atoms with Gasteiger partial charge in [-0.3, -0.25) is 14.9 Å². The van der Waals surface area contributed by atoms with Crippen LogP contribution in [-0.4, -0.2) is 39.9 Å². The summed E-state index contributed by atoms with van der Waals surface area (Å²) in [4.78, 5) is 27.0. The third-order valence-corrected chi connectivity index (χ3v) is 5.00. The SMILES string of the molecule is COCCn1c(SCC(=O)Nc2ccc(Cl)c([N+](=O)[O-])c2)nc(C)c1C. The summed E-state index contributed by atoms with van der Waals surface area (Å²) in [6, 6.07) is 4.14. The highest BCUT2D eigenvalue weighted by Crippen LogP contribution is 2.27. The van der Waals surface area contributed by atoms with E-state index in [1.54, 1.807) is 7.11 Å². The summed E-state index contributed by atoms with van der Waals surface area (Å²) in [5, 5.41) is 14.3. The van der Waals surface area contributed by atoms with Crippen LogP contribution in [0, 0.1) is 24.0 Å². The molecule has 0 fully saturated rings. The van der Waals surface area contributed by atoms with Crippen LogP contribution in [0.3, 0.4) is 0 Å². The molecule has 1 aromatic heterocycles. The molecule has 1 amide bonds. The number of carbonyl (C=O) groups is 1. The van der Waals surface area contributed by atoms with Crippen LogP contribution in [0.25, 0.3) is 0 Å². The smallest absolute Gasteiger partial charge is 0.289 e. The highest BCUT2D eigenvalue weighted by Gasteiger charge is 2.16. The predicted octanol–water partition coefficient (Wildman–Crippen LogP) is 3.44. The Balaban J connectivity index is 2.02. The van der Waals surface area contributed by atoms with Crippen molar-refractivity contribution in [3.63, 3.8) is 0 Å². The van der Waals surface area contributed by atoms with Crippen LogP contribution >= 0.6 is 23.4 Å². The lowest BCUT2D eigenvalue weighted by Crippen LogP contribution is -2.15. The first-order valence-electron chi connectivity index (χ1n) is 7.72. The number of aryl methyl sites for hydroxylation is 1. The van der Waals surface area contributed by atoms with Crippen LogP contribution in [0.5, 0.6) is 0 Å². The van der Waals surface area contributed by atoms with E-state index in [0.717, 1.165) is 16.5 Å². The van der Waals surface area contributed by atoms with Gasteiger partial charge in [0.1, 0.15) is 5.02 Å². The zero-order chi connectivity index (χ0) is 19.3. The molecule has 0 bridgehead atoms. The minimum Gasteiger partial charge on any atom is -0.383 e. The topological polar surface area (TPSA) is 99.3 Å². The van der Waals surface area contributed by atoms with Gasteiger partial charge >= 0.3 is 0 Å². The van der Waals surface area contributed by atoms with Gasteiger partial charge in [0.25, 0.3) is 5.69 Å². The Kier molecular flexibility index (Phi) is 7.01. The van der Waals surface area contributed by atoms with Gasteiger partial charge in [0, 0.05) is 31.1 Å². The standard InChI is InChI=1S/C16H19ClN4O4S/c1-10-11(2)20(6-7-25-3)16(18-10)26-9-15(22)19-12-4-5-13(17)14(8-12)21(23)24/h4-5,8H,6-7,9H2,1-3H3,(H,19,22). The number of methoxy groups -OCH3 is 1. The molecule has 0 spiro atoms. The lowest BCUT2D eigenvalue weighted by atomic mass is 10.3. The lowest BCUT2D eigenvalue weighted by Gasteiger charge is -2.09. The molecular formula is C16H19ClN4O4S. The van der Waals surface area contributed by atoms with E-state index in [4.69, 9.17) is 16.3 Å². The average molecular weight is 399 g/mol. The number of benzene rings is 1. The fourth-order valence-electron chi connectivity index (χ4n) is 2.24. The molecule has 0 atom stereocenters. The van der Waals surface area contributed by atoms with E-state index in [-0.39, 0.29) is 22.4 Å². The molecule has 26 heavy (non-hydrogen) atoms. The summed E-state index contributed by atoms with van der Waals surface area (Å²) in [5.74, 6) is -0.164. The fraction of sp³-hybridized carbons (Fsp3) is 0.375. The fourth-order valence-corrected chi connectivity index (χ4v) is 3.34. The Labute approximate surface area is 160 Å². The Morgan fingerprint density at radius 1 is 1.46 bits per heavy atom. The zero-order valence-corrected chi connectivity index (χ0v) is 16.2. The van der Waals surface area contributed by atoms with E-state index in [0.29, 0.717) is 18.8 Å². The van der Waals surface area contributed by atoms with E-state index in [1.807, 2.05) is 18.4 Å². The van der Waals surface area contributed by atoms with E-state index < -0.39 is 4.92 Å². The quantitative estimate of drug-likeness (QED) is 0.415. The number of nitro groups is 1. The highest BCUT2D eigenvalue weighted by molar-refractivity contribution is 7.99. The van der Waals surface area contributed by atoms with Crippen LogP contribution in [0.2, 0.25) is 5.02 Å². The monoisotopic (exact) mass is 398 g/mol. The second kappa shape index (κ2) is 9.02. The number of hydrogen-bond donors (Lipinski definition) is 1. The average Bonchev–Trinajstić information content (AvgIpc) is 2.86. The van der Waals surface area contributed by atoms with Crippen molar-refractivity contribution < 1.29 is 14.5 Å². The van der Waals surface area contributed by atoms with Gasteiger partial charge in [-0.25, -0.2) is 4.98 Å². The van der Waals surface area contributed by atoms with Crippen molar-refractivity contribution in [2.45, 2.75) is 25.5 Å². The van der Waals surface area contributed by atoms with Gasteiger partial charge in [-0.15, -0.1) is 0 Å². The Morgan fingerprint density at radius 3 is 2.85 bits per heavy atom. The number of amides is 1. The molecular weight excluding hydrogens is 380 g/mol. The number of halogens is 1. The maximum absolute atomic E-state index is 12.2. The van der Waals surface area contributed by atoms with Crippen molar-refractivity contribution >= 4 is 40.6 Å². The molecule has 140 valence electrons. The van der Waals surface area contributed by atoms with Gasteiger partial charge in [-0.2, -0.15) is 0 Å². The number of nitrogens with one attached hydrogen (secondary N) is 1. The first-order valence-corrected chi connectivity index (χ1v) is 9.09. The summed E-state index contributed by atoms with van der Waals surface area (Å²) in [7, 11) is 1.63. The molecule has 2 rings (SSSR count). The van der Waals surface area contributed by atoms with Crippen LogP contribution in [-0.2, 0) is 16.1 Å². The maximum Gasteiger partial charge on any atom is 0.289 e.